The number of non-ortho nitro benzene ring substituents is 1. The number of fused-ring (bicyclic) bond motifs is 3. The lowest BCUT2D eigenvalue weighted by atomic mass is 9.89. The molecule has 1 aliphatic rings. The largest absolute Gasteiger partial charge is 0.352 e. The first-order valence-corrected chi connectivity index (χ1v) is 7.73. The summed E-state index contributed by atoms with van der Waals surface area (Å²) in [5.41, 5.74) is 4.29. The molecule has 5 nitrogen and oxygen atoms in total. The molecule has 0 atom stereocenters. The van der Waals surface area contributed by atoms with Crippen molar-refractivity contribution in [2.45, 2.75) is 12.8 Å². The van der Waals surface area contributed by atoms with E-state index in [1.165, 1.54) is 12.1 Å². The number of carbonyl (C=O) groups is 1. The predicted molar refractivity (Wildman–Crippen MR) is 92.0 cm³/mol. The number of Topliss-reactive ketones (excluding diaryl/α,β-unsaturated/α-hetero) is 1. The fourth-order valence-corrected chi connectivity index (χ4v) is 3.22. The molecule has 118 valence electrons. The van der Waals surface area contributed by atoms with E-state index in [9.17, 15) is 14.9 Å². The smallest absolute Gasteiger partial charge is 0.269 e. The van der Waals surface area contributed by atoms with E-state index in [1.807, 2.05) is 30.3 Å². The number of ketones is 1. The summed E-state index contributed by atoms with van der Waals surface area (Å²) in [7, 11) is 0. The molecule has 1 aliphatic carbocycles. The summed E-state index contributed by atoms with van der Waals surface area (Å²) in [6.45, 7) is 0. The van der Waals surface area contributed by atoms with Gasteiger partial charge in [-0.2, -0.15) is 0 Å². The number of hydrogen-bond acceptors (Lipinski definition) is 3. The minimum Gasteiger partial charge on any atom is -0.352 e. The van der Waals surface area contributed by atoms with Crippen LogP contribution in [0.4, 0.5) is 5.69 Å². The van der Waals surface area contributed by atoms with E-state index < -0.39 is 4.92 Å². The number of H-pyrrole nitrogens is 1. The van der Waals surface area contributed by atoms with Crippen molar-refractivity contribution in [2.75, 3.05) is 0 Å². The monoisotopic (exact) mass is 318 g/mol. The standard InChI is InChI=1S/C19H14N2O3/c22-19-13(11-12-5-8-14(9-6-12)21(23)24)7-10-16-15-3-1-2-4-17(15)20-18(16)19/h1-6,8-9,11,20H,7,10H2/b13-11+. The number of aryl methyl sites for hydroxylation is 1. The van der Waals surface area contributed by atoms with Crippen molar-refractivity contribution in [3.05, 3.63) is 81.0 Å². The van der Waals surface area contributed by atoms with Crippen molar-refractivity contribution in [3.8, 4) is 0 Å². The van der Waals surface area contributed by atoms with Crippen molar-refractivity contribution in [2.24, 2.45) is 0 Å². The van der Waals surface area contributed by atoms with Crippen LogP contribution >= 0.6 is 0 Å². The Hall–Kier alpha value is -3.21. The fraction of sp³-hybridized carbons (Fsp3) is 0.105. The molecule has 0 amide bonds. The van der Waals surface area contributed by atoms with Gasteiger partial charge in [0, 0.05) is 28.6 Å². The third-order valence-corrected chi connectivity index (χ3v) is 4.42. The number of rotatable bonds is 2. The molecule has 0 fully saturated rings. The highest BCUT2D eigenvalue weighted by Crippen LogP contribution is 2.32. The molecule has 2 aromatic carbocycles. The third kappa shape index (κ3) is 2.31. The Labute approximate surface area is 137 Å². The maximum Gasteiger partial charge on any atom is 0.269 e. The zero-order valence-electron chi connectivity index (χ0n) is 12.8. The lowest BCUT2D eigenvalue weighted by molar-refractivity contribution is -0.384. The van der Waals surface area contributed by atoms with Gasteiger partial charge in [-0.25, -0.2) is 0 Å². The molecule has 0 saturated heterocycles. The quantitative estimate of drug-likeness (QED) is 0.435. The van der Waals surface area contributed by atoms with Crippen LogP contribution in [0.15, 0.2) is 54.1 Å². The molecule has 0 aliphatic heterocycles. The Morgan fingerprint density at radius 2 is 1.79 bits per heavy atom. The number of carbonyl (C=O) groups excluding carboxylic acids is 1. The molecule has 0 bridgehead atoms. The third-order valence-electron chi connectivity index (χ3n) is 4.42. The first-order valence-electron chi connectivity index (χ1n) is 7.73. The number of allylic oxidation sites excluding steroid dienone is 1. The molecular weight excluding hydrogens is 304 g/mol. The van der Waals surface area contributed by atoms with Crippen LogP contribution in [0.5, 0.6) is 0 Å². The van der Waals surface area contributed by atoms with Crippen molar-refractivity contribution < 1.29 is 9.72 Å². The van der Waals surface area contributed by atoms with Gasteiger partial charge in [0.15, 0.2) is 0 Å². The Morgan fingerprint density at radius 3 is 2.54 bits per heavy atom. The van der Waals surface area contributed by atoms with Crippen molar-refractivity contribution >= 4 is 28.4 Å². The normalized spacial score (nSPS) is 15.7. The number of nitrogens with one attached hydrogen (secondary N) is 1. The second-order valence-electron chi connectivity index (χ2n) is 5.87. The molecule has 0 spiro atoms. The molecule has 1 heterocycles. The summed E-state index contributed by atoms with van der Waals surface area (Å²) in [5.74, 6) is 0.00537. The lowest BCUT2D eigenvalue weighted by Crippen LogP contribution is -2.13. The summed E-state index contributed by atoms with van der Waals surface area (Å²) in [6, 6.07) is 14.2. The number of nitro benzene ring substituents is 1. The number of nitrogens with zero attached hydrogens (tertiary/aromatic N) is 1. The van der Waals surface area contributed by atoms with Gasteiger partial charge >= 0.3 is 0 Å². The first kappa shape index (κ1) is 14.4. The van der Waals surface area contributed by atoms with Crippen LogP contribution in [0.1, 0.15) is 28.0 Å². The van der Waals surface area contributed by atoms with Crippen LogP contribution in [0.2, 0.25) is 0 Å². The highest BCUT2D eigenvalue weighted by molar-refractivity contribution is 6.15. The van der Waals surface area contributed by atoms with Gasteiger partial charge in [0.1, 0.15) is 0 Å². The summed E-state index contributed by atoms with van der Waals surface area (Å²) in [6.07, 6.45) is 3.30. The highest BCUT2D eigenvalue weighted by Gasteiger charge is 2.25. The Balaban J connectivity index is 1.71. The summed E-state index contributed by atoms with van der Waals surface area (Å²) in [5, 5.41) is 11.8. The zero-order chi connectivity index (χ0) is 16.7. The molecule has 1 aromatic heterocycles. The maximum absolute atomic E-state index is 12.8. The Bertz CT molecular complexity index is 997. The van der Waals surface area contributed by atoms with Crippen LogP contribution in [0.25, 0.3) is 17.0 Å². The highest BCUT2D eigenvalue weighted by atomic mass is 16.6. The number of para-hydroxylation sites is 1. The molecule has 0 unspecified atom stereocenters. The fourth-order valence-electron chi connectivity index (χ4n) is 3.22. The number of nitro groups is 1. The average Bonchev–Trinajstić information content (AvgIpc) is 2.97. The molecule has 0 radical (unpaired) electrons. The average molecular weight is 318 g/mol. The molecule has 1 N–H and O–H groups in total. The second kappa shape index (κ2) is 5.45. The van der Waals surface area contributed by atoms with Gasteiger partial charge in [0.2, 0.25) is 5.78 Å². The molecule has 3 aromatic rings. The van der Waals surface area contributed by atoms with Crippen LogP contribution in [-0.4, -0.2) is 15.7 Å². The van der Waals surface area contributed by atoms with E-state index in [4.69, 9.17) is 0 Å². The van der Waals surface area contributed by atoms with Gasteiger partial charge < -0.3 is 4.98 Å². The summed E-state index contributed by atoms with van der Waals surface area (Å²) >= 11 is 0. The number of aromatic nitrogens is 1. The van der Waals surface area contributed by atoms with Crippen LogP contribution in [0.3, 0.4) is 0 Å². The number of hydrogen-bond donors (Lipinski definition) is 1. The van der Waals surface area contributed by atoms with Gasteiger partial charge in [-0.1, -0.05) is 18.2 Å². The van der Waals surface area contributed by atoms with E-state index in [-0.39, 0.29) is 11.5 Å². The van der Waals surface area contributed by atoms with Gasteiger partial charge in [-0.15, -0.1) is 0 Å². The van der Waals surface area contributed by atoms with Gasteiger partial charge in [-0.05, 0) is 48.2 Å². The van der Waals surface area contributed by atoms with E-state index in [0.29, 0.717) is 12.1 Å². The number of aromatic amines is 1. The SMILES string of the molecule is O=C1/C(=C/c2ccc([N+](=O)[O-])cc2)CCc2c1[nH]c1ccccc21. The van der Waals surface area contributed by atoms with Gasteiger partial charge in [0.25, 0.3) is 5.69 Å². The molecule has 0 saturated carbocycles. The summed E-state index contributed by atoms with van der Waals surface area (Å²) < 4.78 is 0. The molecule has 24 heavy (non-hydrogen) atoms. The first-order chi connectivity index (χ1) is 11.6. The minimum absolute atomic E-state index is 0.00537. The van der Waals surface area contributed by atoms with Gasteiger partial charge in [0.05, 0.1) is 10.6 Å². The van der Waals surface area contributed by atoms with Crippen molar-refractivity contribution in [1.29, 1.82) is 0 Å². The Morgan fingerprint density at radius 1 is 1.04 bits per heavy atom. The van der Waals surface area contributed by atoms with Crippen molar-refractivity contribution in [3.63, 3.8) is 0 Å². The molecule has 5 heteroatoms. The van der Waals surface area contributed by atoms with E-state index in [1.54, 1.807) is 12.1 Å². The summed E-state index contributed by atoms with van der Waals surface area (Å²) in [4.78, 5) is 26.3. The Kier molecular flexibility index (Phi) is 3.27. The van der Waals surface area contributed by atoms with E-state index in [2.05, 4.69) is 4.98 Å². The number of benzene rings is 2. The van der Waals surface area contributed by atoms with E-state index in [0.717, 1.165) is 34.0 Å². The molecule has 4 rings (SSSR count). The van der Waals surface area contributed by atoms with Crippen LogP contribution in [-0.2, 0) is 6.42 Å². The van der Waals surface area contributed by atoms with Crippen molar-refractivity contribution in [1.82, 2.24) is 4.98 Å². The minimum atomic E-state index is -0.431. The lowest BCUT2D eigenvalue weighted by Gasteiger charge is -2.14. The predicted octanol–water partition coefficient (Wildman–Crippen LogP) is 4.29. The van der Waals surface area contributed by atoms with Gasteiger partial charge in [-0.3, -0.25) is 14.9 Å². The van der Waals surface area contributed by atoms with E-state index >= 15 is 0 Å². The topological polar surface area (TPSA) is 76.0 Å². The van der Waals surface area contributed by atoms with Crippen LogP contribution < -0.4 is 0 Å². The second-order valence-corrected chi connectivity index (χ2v) is 5.87. The maximum atomic E-state index is 12.8. The zero-order valence-corrected chi connectivity index (χ0v) is 12.8. The molecular formula is C19H14N2O3. The van der Waals surface area contributed by atoms with Crippen LogP contribution in [0, 0.1) is 10.1 Å².